The fraction of sp³-hybridized carbons (Fsp3) is 0.238. The van der Waals surface area contributed by atoms with E-state index in [0.717, 1.165) is 17.4 Å². The van der Waals surface area contributed by atoms with Crippen molar-refractivity contribution in [3.63, 3.8) is 0 Å². The molecule has 0 atom stereocenters. The molecule has 0 radical (unpaired) electrons. The van der Waals surface area contributed by atoms with Crippen LogP contribution in [0.15, 0.2) is 45.6 Å². The fourth-order valence-corrected chi connectivity index (χ4v) is 3.08. The molecule has 7 heteroatoms. The topological polar surface area (TPSA) is 109 Å². The summed E-state index contributed by atoms with van der Waals surface area (Å²) in [6.45, 7) is 2.05. The maximum Gasteiger partial charge on any atom is 0.340 e. The van der Waals surface area contributed by atoms with E-state index in [1.807, 2.05) is 24.3 Å². The molecule has 0 aliphatic heterocycles. The minimum absolute atomic E-state index is 0.0728. The first-order valence-corrected chi connectivity index (χ1v) is 8.77. The van der Waals surface area contributed by atoms with Crippen LogP contribution in [0.4, 0.5) is 0 Å². The number of amides is 1. The number of rotatable bonds is 6. The van der Waals surface area contributed by atoms with Gasteiger partial charge in [-0.2, -0.15) is 0 Å². The van der Waals surface area contributed by atoms with Gasteiger partial charge in [-0.1, -0.05) is 12.1 Å². The van der Waals surface area contributed by atoms with Crippen LogP contribution in [0.5, 0.6) is 17.2 Å². The maximum atomic E-state index is 12.3. The van der Waals surface area contributed by atoms with Crippen molar-refractivity contribution < 1.29 is 24.2 Å². The molecule has 1 amide bonds. The minimum atomic E-state index is -0.666. The van der Waals surface area contributed by atoms with E-state index in [1.54, 1.807) is 14.0 Å². The van der Waals surface area contributed by atoms with Crippen molar-refractivity contribution in [3.05, 3.63) is 63.5 Å². The summed E-state index contributed by atoms with van der Waals surface area (Å²) in [5, 5.41) is 22.7. The van der Waals surface area contributed by atoms with Crippen molar-refractivity contribution >= 4 is 16.9 Å². The summed E-state index contributed by atoms with van der Waals surface area (Å²) in [5.74, 6) is 0.0263. The third-order valence-electron chi connectivity index (χ3n) is 4.58. The first kappa shape index (κ1) is 19.3. The summed E-state index contributed by atoms with van der Waals surface area (Å²) in [6, 6.07) is 9.96. The maximum absolute atomic E-state index is 12.3. The number of fused-ring (bicyclic) bond motifs is 1. The molecule has 28 heavy (non-hydrogen) atoms. The lowest BCUT2D eigenvalue weighted by molar-refractivity contribution is -0.120. The zero-order valence-corrected chi connectivity index (χ0v) is 15.6. The van der Waals surface area contributed by atoms with Crippen LogP contribution in [0.1, 0.15) is 16.7 Å². The Balaban J connectivity index is 1.69. The smallest absolute Gasteiger partial charge is 0.340 e. The Morgan fingerprint density at radius 3 is 2.57 bits per heavy atom. The van der Waals surface area contributed by atoms with Crippen LogP contribution in [0.3, 0.4) is 0 Å². The van der Waals surface area contributed by atoms with Gasteiger partial charge < -0.3 is 24.7 Å². The quantitative estimate of drug-likeness (QED) is 0.564. The highest BCUT2D eigenvalue weighted by Gasteiger charge is 2.17. The van der Waals surface area contributed by atoms with E-state index in [2.05, 4.69) is 5.32 Å². The van der Waals surface area contributed by atoms with E-state index < -0.39 is 5.63 Å². The molecule has 3 N–H and O–H groups in total. The van der Waals surface area contributed by atoms with Gasteiger partial charge in [-0.3, -0.25) is 4.79 Å². The Labute approximate surface area is 161 Å². The third kappa shape index (κ3) is 4.09. The van der Waals surface area contributed by atoms with Crippen molar-refractivity contribution in [2.75, 3.05) is 13.7 Å². The zero-order chi connectivity index (χ0) is 20.3. The molecule has 146 valence electrons. The SMILES string of the molecule is COc1ccc(CCNC(=O)Cc2c(C)c3c(O)cc(O)cc3oc2=O)cc1. The van der Waals surface area contributed by atoms with Crippen LogP contribution in [0, 0.1) is 6.92 Å². The lowest BCUT2D eigenvalue weighted by Gasteiger charge is -2.10. The molecule has 1 aromatic heterocycles. The number of benzene rings is 2. The molecule has 2 aromatic carbocycles. The molecule has 0 fully saturated rings. The van der Waals surface area contributed by atoms with E-state index in [0.29, 0.717) is 23.9 Å². The number of carbonyl (C=O) groups excluding carboxylic acids is 1. The molecule has 7 nitrogen and oxygen atoms in total. The normalized spacial score (nSPS) is 10.8. The van der Waals surface area contributed by atoms with Crippen molar-refractivity contribution in [1.29, 1.82) is 0 Å². The largest absolute Gasteiger partial charge is 0.508 e. The van der Waals surface area contributed by atoms with Gasteiger partial charge in [-0.25, -0.2) is 4.79 Å². The molecular weight excluding hydrogens is 362 g/mol. The van der Waals surface area contributed by atoms with Crippen LogP contribution >= 0.6 is 0 Å². The van der Waals surface area contributed by atoms with Crippen molar-refractivity contribution in [1.82, 2.24) is 5.32 Å². The molecule has 0 saturated heterocycles. The van der Waals surface area contributed by atoms with Crippen LogP contribution in [0.25, 0.3) is 11.0 Å². The van der Waals surface area contributed by atoms with Gasteiger partial charge in [0.05, 0.1) is 24.5 Å². The summed E-state index contributed by atoms with van der Waals surface area (Å²) >= 11 is 0. The van der Waals surface area contributed by atoms with E-state index in [4.69, 9.17) is 9.15 Å². The monoisotopic (exact) mass is 383 g/mol. The fourth-order valence-electron chi connectivity index (χ4n) is 3.08. The highest BCUT2D eigenvalue weighted by atomic mass is 16.5. The second kappa shape index (κ2) is 8.04. The first-order valence-electron chi connectivity index (χ1n) is 8.77. The second-order valence-corrected chi connectivity index (χ2v) is 6.46. The van der Waals surface area contributed by atoms with Gasteiger partial charge in [-0.15, -0.1) is 0 Å². The van der Waals surface area contributed by atoms with Crippen LogP contribution in [0.2, 0.25) is 0 Å². The van der Waals surface area contributed by atoms with E-state index in [-0.39, 0.29) is 35.0 Å². The Morgan fingerprint density at radius 1 is 1.18 bits per heavy atom. The Morgan fingerprint density at radius 2 is 1.89 bits per heavy atom. The molecule has 0 bridgehead atoms. The number of methoxy groups -OCH3 is 1. The van der Waals surface area contributed by atoms with Crippen molar-refractivity contribution in [2.24, 2.45) is 0 Å². The van der Waals surface area contributed by atoms with Gasteiger partial charge in [0.15, 0.2) is 0 Å². The number of ether oxygens (including phenoxy) is 1. The molecule has 0 spiro atoms. The second-order valence-electron chi connectivity index (χ2n) is 6.46. The number of aryl methyl sites for hydroxylation is 1. The van der Waals surface area contributed by atoms with Crippen molar-refractivity contribution in [3.8, 4) is 17.2 Å². The number of nitrogens with one attached hydrogen (secondary N) is 1. The van der Waals surface area contributed by atoms with Gasteiger partial charge in [0.25, 0.3) is 0 Å². The molecule has 3 aromatic rings. The van der Waals surface area contributed by atoms with E-state index >= 15 is 0 Å². The predicted molar refractivity (Wildman–Crippen MR) is 104 cm³/mol. The average molecular weight is 383 g/mol. The number of phenols is 2. The highest BCUT2D eigenvalue weighted by Crippen LogP contribution is 2.32. The molecule has 1 heterocycles. The molecule has 0 aliphatic rings. The van der Waals surface area contributed by atoms with Gasteiger partial charge in [0, 0.05) is 18.7 Å². The van der Waals surface area contributed by atoms with E-state index in [9.17, 15) is 19.8 Å². The van der Waals surface area contributed by atoms with Gasteiger partial charge in [-0.05, 0) is 36.6 Å². The highest BCUT2D eigenvalue weighted by molar-refractivity contribution is 5.89. The van der Waals surface area contributed by atoms with Crippen LogP contribution < -0.4 is 15.7 Å². The Hall–Kier alpha value is -3.48. The summed E-state index contributed by atoms with van der Waals surface area (Å²) in [6.07, 6.45) is 0.480. The number of phenolic OH excluding ortho intramolecular Hbond substituents is 2. The molecular formula is C21H21NO6. The number of carbonyl (C=O) groups is 1. The van der Waals surface area contributed by atoms with E-state index in [1.165, 1.54) is 6.07 Å². The summed E-state index contributed by atoms with van der Waals surface area (Å²) in [7, 11) is 1.60. The van der Waals surface area contributed by atoms with Gasteiger partial charge in [0.1, 0.15) is 22.8 Å². The first-order chi connectivity index (χ1) is 13.4. The standard InChI is InChI=1S/C21H21NO6/c1-12-16(21(26)28-18-10-14(23)9-17(24)20(12)18)11-19(25)22-8-7-13-3-5-15(27-2)6-4-13/h3-6,9-10,23-24H,7-8,11H2,1-2H3,(H,22,25). The Bertz CT molecular complexity index is 1070. The third-order valence-corrected chi connectivity index (χ3v) is 4.58. The van der Waals surface area contributed by atoms with Crippen LogP contribution in [-0.4, -0.2) is 29.8 Å². The number of hydrogen-bond donors (Lipinski definition) is 3. The Kier molecular flexibility index (Phi) is 5.54. The average Bonchev–Trinajstić information content (AvgIpc) is 2.65. The predicted octanol–water partition coefficient (Wildman–Crippen LogP) is 2.42. The van der Waals surface area contributed by atoms with Crippen molar-refractivity contribution in [2.45, 2.75) is 19.8 Å². The zero-order valence-electron chi connectivity index (χ0n) is 15.6. The van der Waals surface area contributed by atoms with Gasteiger partial charge >= 0.3 is 5.63 Å². The molecule has 0 saturated carbocycles. The molecule has 3 rings (SSSR count). The molecule has 0 unspecified atom stereocenters. The number of hydrogen-bond acceptors (Lipinski definition) is 6. The van der Waals surface area contributed by atoms with Crippen LogP contribution in [-0.2, 0) is 17.6 Å². The lowest BCUT2D eigenvalue weighted by atomic mass is 10.0. The summed E-state index contributed by atoms with van der Waals surface area (Å²) < 4.78 is 10.3. The summed E-state index contributed by atoms with van der Waals surface area (Å²) in [4.78, 5) is 24.5. The van der Waals surface area contributed by atoms with Gasteiger partial charge in [0.2, 0.25) is 5.91 Å². The molecule has 0 aliphatic carbocycles. The number of aromatic hydroxyl groups is 2. The summed E-state index contributed by atoms with van der Waals surface area (Å²) in [5.41, 5.74) is 1.08. The minimum Gasteiger partial charge on any atom is -0.508 e. The lowest BCUT2D eigenvalue weighted by Crippen LogP contribution is -2.29.